The van der Waals surface area contributed by atoms with Crippen molar-refractivity contribution in [2.24, 2.45) is 0 Å². The van der Waals surface area contributed by atoms with Gasteiger partial charge in [-0.2, -0.15) is 0 Å². The summed E-state index contributed by atoms with van der Waals surface area (Å²) in [5.74, 6) is 0.306. The number of nitrogens with one attached hydrogen (secondary N) is 1. The van der Waals surface area contributed by atoms with Gasteiger partial charge in [0.25, 0.3) is 0 Å². The van der Waals surface area contributed by atoms with E-state index in [1.807, 2.05) is 30.3 Å². The fraction of sp³-hybridized carbons (Fsp3) is 0.0400. The van der Waals surface area contributed by atoms with Crippen LogP contribution in [0.5, 0.6) is 5.75 Å². The van der Waals surface area contributed by atoms with Gasteiger partial charge in [-0.1, -0.05) is 76.6 Å². The molecule has 0 aliphatic carbocycles. The first-order chi connectivity index (χ1) is 13.7. The molecule has 0 bridgehead atoms. The van der Waals surface area contributed by atoms with Crippen molar-refractivity contribution in [2.75, 3.05) is 5.32 Å². The van der Waals surface area contributed by atoms with E-state index in [9.17, 15) is 5.11 Å². The number of aromatic hydroxyl groups is 1. The van der Waals surface area contributed by atoms with Gasteiger partial charge in [-0.3, -0.25) is 0 Å². The van der Waals surface area contributed by atoms with Crippen molar-refractivity contribution in [3.8, 4) is 5.75 Å². The van der Waals surface area contributed by atoms with Gasteiger partial charge in [0.2, 0.25) is 0 Å². The molecule has 1 unspecified atom stereocenters. The Morgan fingerprint density at radius 1 is 0.821 bits per heavy atom. The molecule has 136 valence electrons. The Hall–Kier alpha value is -3.04. The average molecular weight is 428 g/mol. The lowest BCUT2D eigenvalue weighted by atomic mass is 9.87. The molecule has 0 spiro atoms. The first-order valence-electron chi connectivity index (χ1n) is 9.25. The monoisotopic (exact) mass is 427 g/mol. The van der Waals surface area contributed by atoms with E-state index < -0.39 is 0 Å². The maximum atomic E-state index is 10.7. The van der Waals surface area contributed by atoms with Crippen LogP contribution in [0.25, 0.3) is 16.3 Å². The topological polar surface area (TPSA) is 32.3 Å². The maximum absolute atomic E-state index is 10.7. The third-order valence-corrected chi connectivity index (χ3v) is 5.75. The average Bonchev–Trinajstić information content (AvgIpc) is 2.73. The minimum atomic E-state index is -0.130. The SMILES string of the molecule is Oc1ccc2ccccc2c1C1C=C(c2ccccc2)c2cc(Br)ccc2N1. The summed E-state index contributed by atoms with van der Waals surface area (Å²) in [4.78, 5) is 0. The molecule has 4 aromatic carbocycles. The van der Waals surface area contributed by atoms with Crippen LogP contribution in [0, 0.1) is 0 Å². The Balaban J connectivity index is 1.75. The maximum Gasteiger partial charge on any atom is 0.121 e. The number of phenols is 1. The Morgan fingerprint density at radius 2 is 1.61 bits per heavy atom. The second-order valence-electron chi connectivity index (χ2n) is 6.98. The first-order valence-corrected chi connectivity index (χ1v) is 10.0. The molecule has 0 fully saturated rings. The smallest absolute Gasteiger partial charge is 0.121 e. The molecule has 2 N–H and O–H groups in total. The minimum Gasteiger partial charge on any atom is -0.508 e. The van der Waals surface area contributed by atoms with Crippen molar-refractivity contribution in [1.82, 2.24) is 0 Å². The summed E-state index contributed by atoms with van der Waals surface area (Å²) in [6, 6.07) is 28.5. The van der Waals surface area contributed by atoms with Crippen molar-refractivity contribution in [1.29, 1.82) is 0 Å². The summed E-state index contributed by atoms with van der Waals surface area (Å²) in [5.41, 5.74) is 5.43. The van der Waals surface area contributed by atoms with Crippen molar-refractivity contribution >= 4 is 38.0 Å². The molecule has 0 amide bonds. The quantitative estimate of drug-likeness (QED) is 0.364. The van der Waals surface area contributed by atoms with Gasteiger partial charge in [-0.05, 0) is 52.3 Å². The number of hydrogen-bond acceptors (Lipinski definition) is 2. The van der Waals surface area contributed by atoms with Crippen LogP contribution in [0.1, 0.15) is 22.7 Å². The highest BCUT2D eigenvalue weighted by Gasteiger charge is 2.24. The van der Waals surface area contributed by atoms with E-state index in [1.54, 1.807) is 6.07 Å². The fourth-order valence-electron chi connectivity index (χ4n) is 3.97. The van der Waals surface area contributed by atoms with E-state index in [2.05, 4.69) is 75.9 Å². The second-order valence-corrected chi connectivity index (χ2v) is 7.89. The van der Waals surface area contributed by atoms with E-state index in [1.165, 1.54) is 0 Å². The molecule has 3 heteroatoms. The number of benzene rings is 4. The number of phenolic OH excluding ortho intramolecular Hbond substituents is 1. The lowest BCUT2D eigenvalue weighted by molar-refractivity contribution is 0.468. The van der Waals surface area contributed by atoms with Gasteiger partial charge in [0.15, 0.2) is 0 Å². The molecule has 1 aliphatic heterocycles. The number of fused-ring (bicyclic) bond motifs is 2. The van der Waals surface area contributed by atoms with Crippen LogP contribution in [0.4, 0.5) is 5.69 Å². The Labute approximate surface area is 172 Å². The van der Waals surface area contributed by atoms with Gasteiger partial charge < -0.3 is 10.4 Å². The largest absolute Gasteiger partial charge is 0.508 e. The predicted octanol–water partition coefficient (Wildman–Crippen LogP) is 6.91. The van der Waals surface area contributed by atoms with Gasteiger partial charge in [0.1, 0.15) is 5.75 Å². The molecule has 5 rings (SSSR count). The summed E-state index contributed by atoms with van der Waals surface area (Å²) in [5, 5.41) is 16.5. The van der Waals surface area contributed by atoms with E-state index >= 15 is 0 Å². The highest BCUT2D eigenvalue weighted by Crippen LogP contribution is 2.43. The van der Waals surface area contributed by atoms with Crippen molar-refractivity contribution in [3.05, 3.63) is 112 Å². The van der Waals surface area contributed by atoms with E-state index in [4.69, 9.17) is 0 Å². The molecular weight excluding hydrogens is 410 g/mol. The standard InChI is InChI=1S/C25H18BrNO/c26-18-11-12-22-21(14-18)20(16-6-2-1-3-7-16)15-23(27-22)25-19-9-5-4-8-17(19)10-13-24(25)28/h1-15,23,27-28H. The zero-order valence-corrected chi connectivity index (χ0v) is 16.6. The van der Waals surface area contributed by atoms with Gasteiger partial charge in [-0.15, -0.1) is 0 Å². The lowest BCUT2D eigenvalue weighted by Gasteiger charge is -2.28. The zero-order chi connectivity index (χ0) is 19.1. The summed E-state index contributed by atoms with van der Waals surface area (Å²) in [7, 11) is 0. The fourth-order valence-corrected chi connectivity index (χ4v) is 4.33. The van der Waals surface area contributed by atoms with Crippen LogP contribution in [0.15, 0.2) is 95.5 Å². The molecule has 1 atom stereocenters. The van der Waals surface area contributed by atoms with Crippen LogP contribution in [0.2, 0.25) is 0 Å². The van der Waals surface area contributed by atoms with Crippen molar-refractivity contribution in [3.63, 3.8) is 0 Å². The van der Waals surface area contributed by atoms with Crippen LogP contribution in [0.3, 0.4) is 0 Å². The minimum absolute atomic E-state index is 0.130. The molecule has 0 aromatic heterocycles. The van der Waals surface area contributed by atoms with Gasteiger partial charge in [0, 0.05) is 21.3 Å². The van der Waals surface area contributed by atoms with E-state index in [-0.39, 0.29) is 6.04 Å². The highest BCUT2D eigenvalue weighted by atomic mass is 79.9. The number of anilines is 1. The third kappa shape index (κ3) is 2.88. The first kappa shape index (κ1) is 17.1. The lowest BCUT2D eigenvalue weighted by Crippen LogP contribution is -2.15. The number of halogens is 1. The summed E-state index contributed by atoms with van der Waals surface area (Å²) in [6.07, 6.45) is 2.21. The Morgan fingerprint density at radius 3 is 2.46 bits per heavy atom. The summed E-state index contributed by atoms with van der Waals surface area (Å²) < 4.78 is 1.04. The molecule has 0 saturated carbocycles. The molecule has 1 aliphatic rings. The summed E-state index contributed by atoms with van der Waals surface area (Å²) >= 11 is 3.60. The van der Waals surface area contributed by atoms with E-state index in [0.717, 1.165) is 43.2 Å². The molecule has 1 heterocycles. The van der Waals surface area contributed by atoms with Gasteiger partial charge in [0.05, 0.1) is 6.04 Å². The van der Waals surface area contributed by atoms with E-state index in [0.29, 0.717) is 5.75 Å². The third-order valence-electron chi connectivity index (χ3n) is 5.26. The summed E-state index contributed by atoms with van der Waals surface area (Å²) in [6.45, 7) is 0. The van der Waals surface area contributed by atoms with Crippen molar-refractivity contribution < 1.29 is 5.11 Å². The zero-order valence-electron chi connectivity index (χ0n) is 15.1. The van der Waals surface area contributed by atoms with Gasteiger partial charge >= 0.3 is 0 Å². The van der Waals surface area contributed by atoms with Gasteiger partial charge in [-0.25, -0.2) is 0 Å². The number of hydrogen-bond donors (Lipinski definition) is 2. The molecule has 2 nitrogen and oxygen atoms in total. The molecular formula is C25H18BrNO. The van der Waals surface area contributed by atoms with Crippen LogP contribution >= 0.6 is 15.9 Å². The van der Waals surface area contributed by atoms with Crippen LogP contribution in [-0.2, 0) is 0 Å². The normalized spacial score (nSPS) is 15.6. The Bertz CT molecular complexity index is 1210. The molecule has 28 heavy (non-hydrogen) atoms. The molecule has 4 aromatic rings. The van der Waals surface area contributed by atoms with Crippen molar-refractivity contribution in [2.45, 2.75) is 6.04 Å². The van der Waals surface area contributed by atoms with Crippen LogP contribution < -0.4 is 5.32 Å². The molecule has 0 radical (unpaired) electrons. The Kier molecular flexibility index (Phi) is 4.18. The second kappa shape index (κ2) is 6.84. The highest BCUT2D eigenvalue weighted by molar-refractivity contribution is 9.10. The molecule has 0 saturated heterocycles. The predicted molar refractivity (Wildman–Crippen MR) is 120 cm³/mol. The van der Waals surface area contributed by atoms with Crippen LogP contribution in [-0.4, -0.2) is 5.11 Å². The number of rotatable bonds is 2.